The third-order valence-corrected chi connectivity index (χ3v) is 3.94. The molecular weight excluding hydrogens is 256 g/mol. The van der Waals surface area contributed by atoms with E-state index in [-0.39, 0.29) is 12.1 Å². The van der Waals surface area contributed by atoms with E-state index in [0.717, 1.165) is 11.3 Å². The van der Waals surface area contributed by atoms with Gasteiger partial charge in [-0.25, -0.2) is 0 Å². The van der Waals surface area contributed by atoms with Crippen molar-refractivity contribution in [1.82, 2.24) is 5.32 Å². The van der Waals surface area contributed by atoms with Gasteiger partial charge >= 0.3 is 0 Å². The zero-order chi connectivity index (χ0) is 13.2. The van der Waals surface area contributed by atoms with Crippen molar-refractivity contribution in [3.63, 3.8) is 0 Å². The number of thioether (sulfide) groups is 1. The fourth-order valence-corrected chi connectivity index (χ4v) is 2.58. The predicted octanol–water partition coefficient (Wildman–Crippen LogP) is 3.26. The largest absolute Gasteiger partial charge is 0.361 e. The minimum atomic E-state index is -0.168. The van der Waals surface area contributed by atoms with Crippen molar-refractivity contribution < 1.29 is 4.79 Å². The number of carbonyl (C=O) groups is 1. The number of nitrogens with one attached hydrogen (secondary N) is 2. The molecule has 3 rings (SSSR count). The molecule has 0 unspecified atom stereocenters. The Morgan fingerprint density at radius 1 is 1.00 bits per heavy atom. The summed E-state index contributed by atoms with van der Waals surface area (Å²) in [7, 11) is 0. The Hall–Kier alpha value is -1.94. The van der Waals surface area contributed by atoms with Gasteiger partial charge in [0.2, 0.25) is 0 Å². The van der Waals surface area contributed by atoms with Crippen LogP contribution >= 0.6 is 11.8 Å². The van der Waals surface area contributed by atoms with Gasteiger partial charge in [0.25, 0.3) is 5.91 Å². The van der Waals surface area contributed by atoms with Crippen molar-refractivity contribution in [2.75, 3.05) is 11.6 Å². The van der Waals surface area contributed by atoms with E-state index in [1.807, 2.05) is 42.7 Å². The first-order valence-electron chi connectivity index (χ1n) is 6.08. The highest BCUT2D eigenvalue weighted by Gasteiger charge is 2.23. The molecule has 0 spiro atoms. The molecular formula is C15H14N2OS. The average molecular weight is 270 g/mol. The molecule has 1 heterocycles. The number of hydrogen-bond donors (Lipinski definition) is 2. The predicted molar refractivity (Wildman–Crippen MR) is 78.5 cm³/mol. The second-order valence-electron chi connectivity index (χ2n) is 4.37. The maximum absolute atomic E-state index is 12.0. The van der Waals surface area contributed by atoms with Crippen molar-refractivity contribution in [3.05, 3.63) is 59.7 Å². The summed E-state index contributed by atoms with van der Waals surface area (Å²) in [4.78, 5) is 13.3. The summed E-state index contributed by atoms with van der Waals surface area (Å²) >= 11 is 1.71. The fourth-order valence-electron chi connectivity index (χ4n) is 2.17. The molecule has 0 fully saturated rings. The van der Waals surface area contributed by atoms with Crippen LogP contribution in [-0.2, 0) is 0 Å². The lowest BCUT2D eigenvalue weighted by Crippen LogP contribution is -2.38. The summed E-state index contributed by atoms with van der Waals surface area (Å²) < 4.78 is 0. The highest BCUT2D eigenvalue weighted by atomic mass is 32.2. The summed E-state index contributed by atoms with van der Waals surface area (Å²) in [5, 5.41) is 6.31. The normalized spacial score (nSPS) is 17.3. The second kappa shape index (κ2) is 4.97. The van der Waals surface area contributed by atoms with Crippen molar-refractivity contribution in [3.8, 4) is 0 Å². The Kier molecular flexibility index (Phi) is 3.17. The molecule has 2 aromatic carbocycles. The number of anilines is 1. The van der Waals surface area contributed by atoms with Crippen LogP contribution in [-0.4, -0.2) is 12.2 Å². The molecule has 0 saturated carbocycles. The van der Waals surface area contributed by atoms with Gasteiger partial charge < -0.3 is 10.6 Å². The zero-order valence-electron chi connectivity index (χ0n) is 10.5. The summed E-state index contributed by atoms with van der Waals surface area (Å²) in [5.41, 5.74) is 2.63. The number of carbonyl (C=O) groups excluding carboxylic acids is 1. The molecule has 0 bridgehead atoms. The monoisotopic (exact) mass is 270 g/mol. The molecule has 1 atom stereocenters. The van der Waals surface area contributed by atoms with Crippen LogP contribution in [0.2, 0.25) is 0 Å². The van der Waals surface area contributed by atoms with E-state index in [1.54, 1.807) is 11.8 Å². The van der Waals surface area contributed by atoms with Gasteiger partial charge in [0, 0.05) is 10.6 Å². The Bertz CT molecular complexity index is 610. The first-order valence-corrected chi connectivity index (χ1v) is 7.31. The molecule has 2 N–H and O–H groups in total. The van der Waals surface area contributed by atoms with E-state index in [0.29, 0.717) is 5.56 Å². The number of amides is 1. The van der Waals surface area contributed by atoms with Gasteiger partial charge in [0.15, 0.2) is 0 Å². The van der Waals surface area contributed by atoms with Crippen molar-refractivity contribution in [2.24, 2.45) is 0 Å². The molecule has 3 nitrogen and oxygen atoms in total. The van der Waals surface area contributed by atoms with E-state index in [9.17, 15) is 4.79 Å². The fraction of sp³-hybridized carbons (Fsp3) is 0.133. The Labute approximate surface area is 116 Å². The van der Waals surface area contributed by atoms with Gasteiger partial charge in [-0.3, -0.25) is 4.79 Å². The average Bonchev–Trinajstić information content (AvgIpc) is 2.47. The lowest BCUT2D eigenvalue weighted by atomic mass is 10.1. The van der Waals surface area contributed by atoms with Gasteiger partial charge in [-0.15, -0.1) is 11.8 Å². The highest BCUT2D eigenvalue weighted by Crippen LogP contribution is 2.27. The Morgan fingerprint density at radius 3 is 2.47 bits per heavy atom. The lowest BCUT2D eigenvalue weighted by molar-refractivity contribution is 0.0935. The minimum Gasteiger partial charge on any atom is -0.361 e. The van der Waals surface area contributed by atoms with E-state index >= 15 is 0 Å². The number of fused-ring (bicyclic) bond motifs is 1. The number of benzene rings is 2. The smallest absolute Gasteiger partial charge is 0.255 e. The topological polar surface area (TPSA) is 41.1 Å². The number of hydrogen-bond acceptors (Lipinski definition) is 3. The summed E-state index contributed by atoms with van der Waals surface area (Å²) in [6, 6.07) is 15.8. The third kappa shape index (κ3) is 2.31. The van der Waals surface area contributed by atoms with Crippen molar-refractivity contribution in [1.29, 1.82) is 0 Å². The molecule has 1 aliphatic heterocycles. The summed E-state index contributed by atoms with van der Waals surface area (Å²) in [5.74, 6) is -0.0340. The highest BCUT2D eigenvalue weighted by molar-refractivity contribution is 7.98. The van der Waals surface area contributed by atoms with E-state index < -0.39 is 0 Å². The van der Waals surface area contributed by atoms with Crippen LogP contribution < -0.4 is 10.6 Å². The van der Waals surface area contributed by atoms with Crippen LogP contribution in [0.1, 0.15) is 22.1 Å². The van der Waals surface area contributed by atoms with Crippen LogP contribution in [0.5, 0.6) is 0 Å². The summed E-state index contributed by atoms with van der Waals surface area (Å²) in [6.07, 6.45) is 1.88. The number of para-hydroxylation sites is 1. The minimum absolute atomic E-state index is 0.0340. The van der Waals surface area contributed by atoms with Crippen molar-refractivity contribution >= 4 is 23.4 Å². The quantitative estimate of drug-likeness (QED) is 0.823. The first kappa shape index (κ1) is 12.1. The number of rotatable bonds is 2. The summed E-state index contributed by atoms with van der Waals surface area (Å²) in [6.45, 7) is 0. The molecule has 1 aliphatic rings. The van der Waals surface area contributed by atoms with Gasteiger partial charge in [-0.1, -0.05) is 24.3 Å². The Morgan fingerprint density at radius 2 is 1.74 bits per heavy atom. The van der Waals surface area contributed by atoms with Crippen LogP contribution in [0.25, 0.3) is 0 Å². The molecule has 0 aromatic heterocycles. The second-order valence-corrected chi connectivity index (χ2v) is 5.25. The van der Waals surface area contributed by atoms with Crippen LogP contribution in [0.4, 0.5) is 5.69 Å². The standard InChI is InChI=1S/C15H14N2OS/c1-19-11-8-6-10(7-9-11)14-16-13-5-3-2-4-12(13)15(18)17-14/h2-9,14,16H,1H3,(H,17,18)/t14-/m1/s1. The van der Waals surface area contributed by atoms with Gasteiger partial charge in [-0.2, -0.15) is 0 Å². The molecule has 1 amide bonds. The first-order chi connectivity index (χ1) is 9.28. The molecule has 0 aliphatic carbocycles. The van der Waals surface area contributed by atoms with Crippen LogP contribution in [0.15, 0.2) is 53.4 Å². The molecule has 96 valence electrons. The van der Waals surface area contributed by atoms with Crippen LogP contribution in [0, 0.1) is 0 Å². The van der Waals surface area contributed by atoms with E-state index in [4.69, 9.17) is 0 Å². The lowest BCUT2D eigenvalue weighted by Gasteiger charge is -2.28. The third-order valence-electron chi connectivity index (χ3n) is 3.20. The maximum Gasteiger partial charge on any atom is 0.255 e. The SMILES string of the molecule is CSc1ccc([C@H]2NC(=O)c3ccccc3N2)cc1. The maximum atomic E-state index is 12.0. The van der Waals surface area contributed by atoms with Gasteiger partial charge in [0.1, 0.15) is 6.17 Å². The Balaban J connectivity index is 1.90. The van der Waals surface area contributed by atoms with Gasteiger partial charge in [-0.05, 0) is 36.1 Å². The molecule has 19 heavy (non-hydrogen) atoms. The molecule has 0 radical (unpaired) electrons. The molecule has 0 saturated heterocycles. The van der Waals surface area contributed by atoms with Crippen molar-refractivity contribution in [2.45, 2.75) is 11.1 Å². The molecule has 4 heteroatoms. The van der Waals surface area contributed by atoms with E-state index in [2.05, 4.69) is 22.8 Å². The molecule has 2 aromatic rings. The van der Waals surface area contributed by atoms with E-state index in [1.165, 1.54) is 4.90 Å². The van der Waals surface area contributed by atoms with Crippen LogP contribution in [0.3, 0.4) is 0 Å². The van der Waals surface area contributed by atoms with Gasteiger partial charge in [0.05, 0.1) is 5.56 Å². The zero-order valence-corrected chi connectivity index (χ0v) is 11.3.